The lowest BCUT2D eigenvalue weighted by Crippen LogP contribution is -2.08. The van der Waals surface area contributed by atoms with Crippen LogP contribution in [0.5, 0.6) is 0 Å². The minimum Gasteiger partial charge on any atom is -0.369 e. The van der Waals surface area contributed by atoms with Gasteiger partial charge in [0.25, 0.3) is 5.69 Å². The lowest BCUT2D eigenvalue weighted by molar-refractivity contribution is -0.385. The Bertz CT molecular complexity index is 459. The number of pyridine rings is 1. The fraction of sp³-hybridized carbons (Fsp3) is 0.111. The third-order valence-electron chi connectivity index (χ3n) is 1.43. The summed E-state index contributed by atoms with van der Waals surface area (Å²) in [6.45, 7) is 0. The van der Waals surface area contributed by atoms with Gasteiger partial charge in [0.1, 0.15) is 5.69 Å². The van der Waals surface area contributed by atoms with Crippen LogP contribution >= 0.6 is 0 Å². The number of carbonyl (C=O) groups excluding carboxylic acids is 1. The van der Waals surface area contributed by atoms with Gasteiger partial charge in [-0.2, -0.15) is 0 Å². The summed E-state index contributed by atoms with van der Waals surface area (Å²) in [6.07, 6.45) is 1.19. The average molecular weight is 205 g/mol. The largest absolute Gasteiger partial charge is 0.369 e. The predicted molar refractivity (Wildman–Crippen MR) is 51.6 cm³/mol. The van der Waals surface area contributed by atoms with E-state index < -0.39 is 10.8 Å². The zero-order valence-corrected chi connectivity index (χ0v) is 7.64. The maximum absolute atomic E-state index is 10.4. The maximum Gasteiger partial charge on any atom is 0.273 e. The van der Waals surface area contributed by atoms with Crippen LogP contribution in [0.4, 0.5) is 5.69 Å². The van der Waals surface area contributed by atoms with Gasteiger partial charge in [-0.05, 0) is 5.92 Å². The van der Waals surface area contributed by atoms with Gasteiger partial charge >= 0.3 is 0 Å². The van der Waals surface area contributed by atoms with Crippen molar-refractivity contribution < 1.29 is 9.72 Å². The van der Waals surface area contributed by atoms with Crippen LogP contribution in [0.15, 0.2) is 18.3 Å². The van der Waals surface area contributed by atoms with E-state index >= 15 is 0 Å². The fourth-order valence-electron chi connectivity index (χ4n) is 0.823. The monoisotopic (exact) mass is 205 g/mol. The molecule has 0 saturated heterocycles. The van der Waals surface area contributed by atoms with Crippen molar-refractivity contribution in [3.8, 4) is 11.8 Å². The topological polar surface area (TPSA) is 99.1 Å². The number of hydrogen-bond donors (Lipinski definition) is 1. The molecule has 15 heavy (non-hydrogen) atoms. The number of nitrogens with zero attached hydrogens (tertiary/aromatic N) is 2. The van der Waals surface area contributed by atoms with Gasteiger partial charge in [0.2, 0.25) is 5.91 Å². The van der Waals surface area contributed by atoms with Gasteiger partial charge in [-0.1, -0.05) is 5.92 Å². The lowest BCUT2D eigenvalue weighted by atomic mass is 10.3. The molecule has 1 amide bonds. The van der Waals surface area contributed by atoms with E-state index in [-0.39, 0.29) is 17.8 Å². The second-order valence-electron chi connectivity index (χ2n) is 2.60. The molecule has 0 spiro atoms. The molecular formula is C9H7N3O3. The van der Waals surface area contributed by atoms with Crippen LogP contribution in [0.3, 0.4) is 0 Å². The SMILES string of the molecule is NC(=O)CC#Cc1cc([N+](=O)[O-])ccn1. The van der Waals surface area contributed by atoms with Crippen LogP contribution in [-0.4, -0.2) is 15.8 Å². The molecule has 1 aromatic heterocycles. The number of carbonyl (C=O) groups is 1. The van der Waals surface area contributed by atoms with E-state index in [2.05, 4.69) is 16.8 Å². The summed E-state index contributed by atoms with van der Waals surface area (Å²) in [5, 5.41) is 10.4. The van der Waals surface area contributed by atoms with Crippen molar-refractivity contribution in [3.05, 3.63) is 34.1 Å². The number of nitro groups is 1. The number of primary amides is 1. The summed E-state index contributed by atoms with van der Waals surface area (Å²) in [4.78, 5) is 24.0. The smallest absolute Gasteiger partial charge is 0.273 e. The second-order valence-corrected chi connectivity index (χ2v) is 2.60. The Morgan fingerprint density at radius 3 is 3.00 bits per heavy atom. The molecule has 0 radical (unpaired) electrons. The highest BCUT2D eigenvalue weighted by Crippen LogP contribution is 2.09. The third-order valence-corrected chi connectivity index (χ3v) is 1.43. The van der Waals surface area contributed by atoms with Crippen molar-refractivity contribution in [2.24, 2.45) is 5.73 Å². The molecule has 0 aliphatic rings. The summed E-state index contributed by atoms with van der Waals surface area (Å²) in [7, 11) is 0. The van der Waals surface area contributed by atoms with E-state index in [1.165, 1.54) is 18.3 Å². The molecule has 0 aliphatic heterocycles. The molecule has 2 N–H and O–H groups in total. The van der Waals surface area contributed by atoms with E-state index in [4.69, 9.17) is 5.73 Å². The number of nitrogens with two attached hydrogens (primary N) is 1. The quantitative estimate of drug-likeness (QED) is 0.424. The first kappa shape index (κ1) is 10.7. The molecule has 0 aromatic carbocycles. The second kappa shape index (κ2) is 4.72. The number of hydrogen-bond acceptors (Lipinski definition) is 4. The van der Waals surface area contributed by atoms with E-state index in [1.807, 2.05) is 0 Å². The number of aromatic nitrogens is 1. The van der Waals surface area contributed by atoms with Gasteiger partial charge in [-0.3, -0.25) is 14.9 Å². The fourth-order valence-corrected chi connectivity index (χ4v) is 0.823. The molecule has 1 aromatic rings. The molecule has 0 atom stereocenters. The highest BCUT2D eigenvalue weighted by molar-refractivity contribution is 5.76. The van der Waals surface area contributed by atoms with E-state index in [9.17, 15) is 14.9 Å². The predicted octanol–water partition coefficient (Wildman–Crippen LogP) is 0.217. The Labute approximate surface area is 85.3 Å². The summed E-state index contributed by atoms with van der Waals surface area (Å²) in [5.41, 5.74) is 5.02. The van der Waals surface area contributed by atoms with Crippen molar-refractivity contribution in [2.45, 2.75) is 6.42 Å². The molecule has 6 heteroatoms. The minimum atomic E-state index is -0.548. The Morgan fingerprint density at radius 2 is 2.40 bits per heavy atom. The molecule has 0 unspecified atom stereocenters. The molecule has 0 fully saturated rings. The molecule has 76 valence electrons. The van der Waals surface area contributed by atoms with Gasteiger partial charge < -0.3 is 5.73 Å². The minimum absolute atomic E-state index is 0.0895. The van der Waals surface area contributed by atoms with Crippen molar-refractivity contribution in [2.75, 3.05) is 0 Å². The van der Waals surface area contributed by atoms with Crippen molar-refractivity contribution in [1.29, 1.82) is 0 Å². The third kappa shape index (κ3) is 3.44. The highest BCUT2D eigenvalue weighted by atomic mass is 16.6. The van der Waals surface area contributed by atoms with Crippen LogP contribution in [0.1, 0.15) is 12.1 Å². The molecule has 0 bridgehead atoms. The van der Waals surface area contributed by atoms with Gasteiger partial charge in [0, 0.05) is 12.3 Å². The van der Waals surface area contributed by atoms with Gasteiger partial charge in [0.15, 0.2) is 0 Å². The van der Waals surface area contributed by atoms with Crippen LogP contribution in [0.25, 0.3) is 0 Å². The number of rotatable bonds is 2. The van der Waals surface area contributed by atoms with Gasteiger partial charge in [0.05, 0.1) is 17.4 Å². The zero-order chi connectivity index (χ0) is 11.3. The van der Waals surface area contributed by atoms with Crippen molar-refractivity contribution in [3.63, 3.8) is 0 Å². The molecule has 1 heterocycles. The Hall–Kier alpha value is -2.42. The maximum atomic E-state index is 10.4. The molecule has 0 aliphatic carbocycles. The standard InChI is InChI=1S/C9H7N3O3/c10-9(13)3-1-2-7-6-8(12(14)15)4-5-11-7/h4-6H,3H2,(H2,10,13). The highest BCUT2D eigenvalue weighted by Gasteiger charge is 2.04. The normalized spacial score (nSPS) is 8.80. The van der Waals surface area contributed by atoms with E-state index in [0.717, 1.165) is 0 Å². The summed E-state index contributed by atoms with van der Waals surface area (Å²) < 4.78 is 0. The molecule has 6 nitrogen and oxygen atoms in total. The van der Waals surface area contributed by atoms with Gasteiger partial charge in [-0.15, -0.1) is 0 Å². The van der Waals surface area contributed by atoms with E-state index in [0.29, 0.717) is 0 Å². The summed E-state index contributed by atoms with van der Waals surface area (Å²) >= 11 is 0. The zero-order valence-electron chi connectivity index (χ0n) is 7.64. The first-order chi connectivity index (χ1) is 7.09. The van der Waals surface area contributed by atoms with Crippen molar-refractivity contribution in [1.82, 2.24) is 4.98 Å². The van der Waals surface area contributed by atoms with E-state index in [1.54, 1.807) is 0 Å². The summed E-state index contributed by atoms with van der Waals surface area (Å²) in [6, 6.07) is 2.49. The van der Waals surface area contributed by atoms with Crippen LogP contribution in [0.2, 0.25) is 0 Å². The molecular weight excluding hydrogens is 198 g/mol. The first-order valence-electron chi connectivity index (χ1n) is 3.97. The van der Waals surface area contributed by atoms with Crippen molar-refractivity contribution >= 4 is 11.6 Å². The first-order valence-corrected chi connectivity index (χ1v) is 3.97. The average Bonchev–Trinajstić information content (AvgIpc) is 2.17. The van der Waals surface area contributed by atoms with Crippen LogP contribution in [0, 0.1) is 22.0 Å². The number of amides is 1. The molecule has 1 rings (SSSR count). The Balaban J connectivity index is 2.85. The molecule has 0 saturated carbocycles. The lowest BCUT2D eigenvalue weighted by Gasteiger charge is -1.90. The summed E-state index contributed by atoms with van der Waals surface area (Å²) in [5.74, 6) is 4.41. The van der Waals surface area contributed by atoms with Crippen LogP contribution in [-0.2, 0) is 4.79 Å². The Kier molecular flexibility index (Phi) is 3.35. The van der Waals surface area contributed by atoms with Crippen LogP contribution < -0.4 is 5.73 Å². The Morgan fingerprint density at radius 1 is 1.67 bits per heavy atom. The van der Waals surface area contributed by atoms with Gasteiger partial charge in [-0.25, -0.2) is 4.98 Å².